The Morgan fingerprint density at radius 1 is 0.800 bits per heavy atom. The van der Waals surface area contributed by atoms with Gasteiger partial charge < -0.3 is 10.1 Å². The summed E-state index contributed by atoms with van der Waals surface area (Å²) in [6.07, 6.45) is 9.17. The maximum atomic E-state index is 9.65. The SMILES string of the molecule is Cc1ccc(O)c(-c2ccccn2)c1.[2H]C1(c2ccc3c(-c4[c-]c(C)cc(C)c4)nccc3c2C)CCCCC1.[Ir]. The summed E-state index contributed by atoms with van der Waals surface area (Å²) in [6.45, 7) is 8.37. The van der Waals surface area contributed by atoms with E-state index in [1.807, 2.05) is 43.5 Å². The summed E-state index contributed by atoms with van der Waals surface area (Å²) in [7, 11) is 0. The van der Waals surface area contributed by atoms with Crippen molar-refractivity contribution in [2.24, 2.45) is 0 Å². The third-order valence-electron chi connectivity index (χ3n) is 7.55. The second-order valence-corrected chi connectivity index (χ2v) is 10.6. The molecule has 0 aliphatic heterocycles. The smallest absolute Gasteiger partial charge is 0.124 e. The zero-order valence-electron chi connectivity index (χ0n) is 24.7. The molecular weight excluding hydrogens is 669 g/mol. The molecule has 0 unspecified atom stereocenters. The molecule has 1 aliphatic carbocycles. The molecule has 0 spiro atoms. The average Bonchev–Trinajstić information content (AvgIpc) is 2.95. The minimum atomic E-state index is -0.425. The van der Waals surface area contributed by atoms with E-state index in [0.29, 0.717) is 0 Å². The van der Waals surface area contributed by atoms with Crippen LogP contribution in [0.15, 0.2) is 79.1 Å². The van der Waals surface area contributed by atoms with E-state index in [9.17, 15) is 5.11 Å². The minimum absolute atomic E-state index is 0. The third-order valence-corrected chi connectivity index (χ3v) is 7.55. The fraction of sp³-hybridized carbons (Fsp3) is 0.278. The molecule has 40 heavy (non-hydrogen) atoms. The van der Waals surface area contributed by atoms with Crippen LogP contribution in [0, 0.1) is 33.8 Å². The van der Waals surface area contributed by atoms with Gasteiger partial charge >= 0.3 is 0 Å². The molecule has 2 heterocycles. The van der Waals surface area contributed by atoms with Crippen molar-refractivity contribution in [2.45, 2.75) is 65.7 Å². The standard InChI is InChI=1S/C24H26N.C12H11NO.Ir/c1-16-13-17(2)15-20(14-16)24-23-10-9-21(19-7-5-4-6-8-19)18(3)22(23)11-12-25-24;1-9-5-6-12(14)10(8-9)11-4-2-3-7-13-11;/h9-14,19H,4-8H2,1-3H3;2-8,14H,1H3;/q-1;;/i19D;;. The van der Waals surface area contributed by atoms with Crippen LogP contribution in [-0.2, 0) is 20.1 Å². The molecule has 5 aromatic rings. The van der Waals surface area contributed by atoms with Crippen molar-refractivity contribution in [2.75, 3.05) is 0 Å². The van der Waals surface area contributed by atoms with Crippen LogP contribution in [0.2, 0.25) is 0 Å². The topological polar surface area (TPSA) is 46.0 Å². The number of hydrogen-bond donors (Lipinski definition) is 1. The summed E-state index contributed by atoms with van der Waals surface area (Å²) in [5.74, 6) is -0.152. The van der Waals surface area contributed by atoms with E-state index in [4.69, 9.17) is 1.37 Å². The fourth-order valence-electron chi connectivity index (χ4n) is 5.65. The van der Waals surface area contributed by atoms with Crippen LogP contribution in [0.3, 0.4) is 0 Å². The Bertz CT molecular complexity index is 1630. The van der Waals surface area contributed by atoms with E-state index in [2.05, 4.69) is 67.1 Å². The van der Waals surface area contributed by atoms with Gasteiger partial charge in [-0.05, 0) is 90.5 Å². The van der Waals surface area contributed by atoms with Gasteiger partial charge in [-0.15, -0.1) is 34.9 Å². The van der Waals surface area contributed by atoms with Crippen molar-refractivity contribution in [3.8, 4) is 28.3 Å². The zero-order chi connectivity index (χ0) is 28.3. The fourth-order valence-corrected chi connectivity index (χ4v) is 5.65. The second-order valence-electron chi connectivity index (χ2n) is 10.6. The first-order valence-corrected chi connectivity index (χ1v) is 13.9. The molecule has 207 valence electrons. The number of aromatic hydroxyl groups is 1. The molecule has 4 heteroatoms. The maximum absolute atomic E-state index is 9.65. The van der Waals surface area contributed by atoms with Crippen molar-refractivity contribution < 1.29 is 26.6 Å². The monoisotopic (exact) mass is 707 g/mol. The van der Waals surface area contributed by atoms with Gasteiger partial charge in [0.05, 0.1) is 5.69 Å². The number of benzene rings is 3. The predicted octanol–water partition coefficient (Wildman–Crippen LogP) is 9.44. The molecule has 0 atom stereocenters. The number of aromatic nitrogens is 2. The predicted molar refractivity (Wildman–Crippen MR) is 162 cm³/mol. The van der Waals surface area contributed by atoms with E-state index in [1.54, 1.807) is 12.3 Å². The Kier molecular flexibility index (Phi) is 9.41. The summed E-state index contributed by atoms with van der Waals surface area (Å²) in [6, 6.07) is 25.4. The van der Waals surface area contributed by atoms with Crippen LogP contribution in [0.25, 0.3) is 33.3 Å². The number of hydrogen-bond acceptors (Lipinski definition) is 3. The number of aryl methyl sites for hydroxylation is 4. The molecule has 1 radical (unpaired) electrons. The van der Waals surface area contributed by atoms with Gasteiger partial charge in [-0.1, -0.05) is 62.9 Å². The van der Waals surface area contributed by atoms with E-state index >= 15 is 0 Å². The summed E-state index contributed by atoms with van der Waals surface area (Å²) in [4.78, 5) is 8.87. The summed E-state index contributed by atoms with van der Waals surface area (Å²) in [5, 5.41) is 12.0. The zero-order valence-corrected chi connectivity index (χ0v) is 26.1. The van der Waals surface area contributed by atoms with Crippen LogP contribution >= 0.6 is 0 Å². The van der Waals surface area contributed by atoms with Crippen LogP contribution in [0.1, 0.15) is 67.2 Å². The van der Waals surface area contributed by atoms with Crippen LogP contribution in [0.5, 0.6) is 5.75 Å². The quantitative estimate of drug-likeness (QED) is 0.190. The Morgan fingerprint density at radius 3 is 2.33 bits per heavy atom. The number of nitrogens with zero attached hydrogens (tertiary/aromatic N) is 2. The van der Waals surface area contributed by atoms with Gasteiger partial charge in [0, 0.05) is 39.4 Å². The number of pyridine rings is 2. The third kappa shape index (κ3) is 6.69. The van der Waals surface area contributed by atoms with Crippen molar-refractivity contribution >= 4 is 10.8 Å². The van der Waals surface area contributed by atoms with E-state index < -0.39 is 5.89 Å². The number of fused-ring (bicyclic) bond motifs is 1. The maximum Gasteiger partial charge on any atom is 0.124 e. The Hall–Kier alpha value is -3.33. The molecular formula is C36H37IrN2O-. The van der Waals surface area contributed by atoms with Gasteiger partial charge in [0.2, 0.25) is 0 Å². The normalized spacial score (nSPS) is 14.4. The Morgan fingerprint density at radius 2 is 1.60 bits per heavy atom. The van der Waals surface area contributed by atoms with Gasteiger partial charge in [-0.25, -0.2) is 0 Å². The molecule has 1 fully saturated rings. The minimum Gasteiger partial charge on any atom is -0.507 e. The van der Waals surface area contributed by atoms with Gasteiger partial charge in [-0.3, -0.25) is 4.98 Å². The number of phenolic OH excluding ortho intramolecular Hbond substituents is 1. The van der Waals surface area contributed by atoms with Crippen molar-refractivity contribution in [1.29, 1.82) is 0 Å². The molecule has 1 N–H and O–H groups in total. The van der Waals surface area contributed by atoms with E-state index in [1.165, 1.54) is 41.3 Å². The molecule has 0 bridgehead atoms. The largest absolute Gasteiger partial charge is 0.507 e. The molecule has 0 saturated heterocycles. The van der Waals surface area contributed by atoms with Gasteiger partial charge in [0.25, 0.3) is 0 Å². The van der Waals surface area contributed by atoms with Gasteiger partial charge in [0.1, 0.15) is 5.75 Å². The van der Waals surface area contributed by atoms with Gasteiger partial charge in [0.15, 0.2) is 0 Å². The first-order chi connectivity index (χ1) is 19.2. The van der Waals surface area contributed by atoms with E-state index in [0.717, 1.165) is 51.9 Å². The number of phenols is 1. The second kappa shape index (κ2) is 13.4. The Balaban J connectivity index is 0.000000219. The molecule has 3 nitrogen and oxygen atoms in total. The molecule has 3 aromatic carbocycles. The van der Waals surface area contributed by atoms with Crippen LogP contribution in [-0.4, -0.2) is 15.1 Å². The van der Waals surface area contributed by atoms with Crippen molar-refractivity contribution in [1.82, 2.24) is 9.97 Å². The number of rotatable bonds is 3. The van der Waals surface area contributed by atoms with Crippen LogP contribution in [0.4, 0.5) is 0 Å². The Labute approximate surface area is 253 Å². The average molecular weight is 707 g/mol. The summed E-state index contributed by atoms with van der Waals surface area (Å²) in [5.41, 5.74) is 9.56. The molecule has 2 aromatic heterocycles. The van der Waals surface area contributed by atoms with Crippen molar-refractivity contribution in [3.63, 3.8) is 0 Å². The van der Waals surface area contributed by atoms with Crippen LogP contribution < -0.4 is 0 Å². The molecule has 1 aliphatic rings. The molecule has 6 rings (SSSR count). The van der Waals surface area contributed by atoms with Gasteiger partial charge in [-0.2, -0.15) is 0 Å². The summed E-state index contributed by atoms with van der Waals surface area (Å²) < 4.78 is 9.03. The molecule has 0 amide bonds. The summed E-state index contributed by atoms with van der Waals surface area (Å²) >= 11 is 0. The first-order valence-electron chi connectivity index (χ1n) is 14.4. The molecule has 1 saturated carbocycles. The first kappa shape index (κ1) is 28.2. The van der Waals surface area contributed by atoms with Crippen molar-refractivity contribution in [3.05, 3.63) is 113 Å². The van der Waals surface area contributed by atoms with E-state index in [-0.39, 0.29) is 25.9 Å².